The van der Waals surface area contributed by atoms with Crippen LogP contribution in [0.1, 0.15) is 19.3 Å². The van der Waals surface area contributed by atoms with Crippen molar-refractivity contribution in [3.8, 4) is 0 Å². The van der Waals surface area contributed by atoms with E-state index in [2.05, 4.69) is 15.9 Å². The molecular weight excluding hydrogens is 273 g/mol. The molecule has 7 heteroatoms. The predicted molar refractivity (Wildman–Crippen MR) is 47.5 cm³/mol. The minimum Gasteiger partial charge on any atom is -0.220 e. The normalized spacial score (nSPS) is 13.2. The molecule has 0 aliphatic rings. The second kappa shape index (κ2) is 5.19. The van der Waals surface area contributed by atoms with Crippen molar-refractivity contribution in [1.82, 2.24) is 0 Å². The van der Waals surface area contributed by atoms with E-state index in [4.69, 9.17) is 0 Å². The Kier molecular flexibility index (Phi) is 5.28. The van der Waals surface area contributed by atoms with Gasteiger partial charge < -0.3 is 0 Å². The van der Waals surface area contributed by atoms with E-state index in [0.717, 1.165) is 0 Å². The fourth-order valence-corrected chi connectivity index (χ4v) is 1.89. The third-order valence-electron chi connectivity index (χ3n) is 1.40. The van der Waals surface area contributed by atoms with E-state index in [1.165, 1.54) is 0 Å². The second-order valence-electron chi connectivity index (χ2n) is 2.51. The fraction of sp³-hybridized carbons (Fsp3) is 1.00. The smallest absolute Gasteiger partial charge is 0.220 e. The number of sulfone groups is 1. The summed E-state index contributed by atoms with van der Waals surface area (Å²) in [4.78, 5) is 0. The second-order valence-corrected chi connectivity index (χ2v) is 5.41. The van der Waals surface area contributed by atoms with E-state index in [9.17, 15) is 21.6 Å². The van der Waals surface area contributed by atoms with Crippen molar-refractivity contribution < 1.29 is 21.6 Å². The predicted octanol–water partition coefficient (Wildman–Crippen LogP) is 2.49. The van der Waals surface area contributed by atoms with Crippen LogP contribution in [0.3, 0.4) is 0 Å². The molecule has 0 spiro atoms. The SMILES string of the molecule is O=S(=O)(CCCCCBr)C(F)(F)F. The highest BCUT2D eigenvalue weighted by atomic mass is 79.9. The Hall–Kier alpha value is 0.220. The summed E-state index contributed by atoms with van der Waals surface area (Å²) in [6, 6.07) is 0. The summed E-state index contributed by atoms with van der Waals surface area (Å²) < 4.78 is 56.2. The van der Waals surface area contributed by atoms with Crippen LogP contribution in [0.15, 0.2) is 0 Å². The first kappa shape index (κ1) is 13.2. The molecule has 0 aliphatic carbocycles. The van der Waals surface area contributed by atoms with E-state index < -0.39 is 21.1 Å². The zero-order valence-electron chi connectivity index (χ0n) is 6.77. The Morgan fingerprint density at radius 3 is 2.00 bits per heavy atom. The van der Waals surface area contributed by atoms with E-state index in [1.54, 1.807) is 0 Å². The Labute approximate surface area is 83.6 Å². The summed E-state index contributed by atoms with van der Waals surface area (Å²) >= 11 is 3.10. The lowest BCUT2D eigenvalue weighted by Crippen LogP contribution is -2.26. The van der Waals surface area contributed by atoms with Gasteiger partial charge >= 0.3 is 5.51 Å². The van der Waals surface area contributed by atoms with Crippen LogP contribution in [0.2, 0.25) is 0 Å². The van der Waals surface area contributed by atoms with Crippen molar-refractivity contribution in [3.63, 3.8) is 0 Å². The molecule has 2 nitrogen and oxygen atoms in total. The number of halogens is 4. The standard InChI is InChI=1S/C6H10BrF3O2S/c7-4-2-1-3-5-13(11,12)6(8,9)10/h1-5H2. The lowest BCUT2D eigenvalue weighted by atomic mass is 10.3. The minimum atomic E-state index is -5.10. The third-order valence-corrected chi connectivity index (χ3v) is 3.49. The molecular formula is C6H10BrF3O2S. The molecule has 0 bridgehead atoms. The molecule has 0 amide bonds. The summed E-state index contributed by atoms with van der Waals surface area (Å²) in [5.74, 6) is -0.802. The topological polar surface area (TPSA) is 34.1 Å². The van der Waals surface area contributed by atoms with Gasteiger partial charge in [-0.25, -0.2) is 8.42 Å². The molecule has 0 heterocycles. The first-order valence-electron chi connectivity index (χ1n) is 3.66. The van der Waals surface area contributed by atoms with Crippen molar-refractivity contribution in [2.24, 2.45) is 0 Å². The third kappa shape index (κ3) is 4.85. The molecule has 0 saturated heterocycles. The van der Waals surface area contributed by atoms with Gasteiger partial charge in [0.25, 0.3) is 0 Å². The Morgan fingerprint density at radius 2 is 1.62 bits per heavy atom. The average Bonchev–Trinajstić information content (AvgIpc) is 1.96. The number of alkyl halides is 4. The maximum absolute atomic E-state index is 11.7. The molecule has 0 saturated carbocycles. The van der Waals surface area contributed by atoms with Gasteiger partial charge in [-0.1, -0.05) is 22.4 Å². The van der Waals surface area contributed by atoms with Gasteiger partial charge in [-0.2, -0.15) is 13.2 Å². The van der Waals surface area contributed by atoms with Gasteiger partial charge in [-0.15, -0.1) is 0 Å². The maximum Gasteiger partial charge on any atom is 0.497 e. The first-order chi connectivity index (χ1) is 5.81. The zero-order valence-corrected chi connectivity index (χ0v) is 9.17. The minimum absolute atomic E-state index is 0.0629. The highest BCUT2D eigenvalue weighted by molar-refractivity contribution is 9.09. The van der Waals surface area contributed by atoms with Gasteiger partial charge in [0.05, 0.1) is 5.75 Å². The summed E-state index contributed by atoms with van der Waals surface area (Å²) in [5, 5.41) is 0.680. The fourth-order valence-electron chi connectivity index (χ4n) is 0.679. The van der Waals surface area contributed by atoms with Gasteiger partial charge in [0.15, 0.2) is 0 Å². The average molecular weight is 283 g/mol. The van der Waals surface area contributed by atoms with Crippen LogP contribution >= 0.6 is 15.9 Å². The zero-order chi connectivity index (χ0) is 10.5. The Morgan fingerprint density at radius 1 is 1.08 bits per heavy atom. The number of hydrogen-bond acceptors (Lipinski definition) is 2. The summed E-state index contributed by atoms with van der Waals surface area (Å²) in [7, 11) is -4.89. The molecule has 0 N–H and O–H groups in total. The molecule has 0 aromatic rings. The van der Waals surface area contributed by atoms with Crippen LogP contribution in [0.4, 0.5) is 13.2 Å². The Bertz CT molecular complexity index is 235. The molecule has 0 aromatic carbocycles. The Balaban J connectivity index is 3.92. The van der Waals surface area contributed by atoms with Crippen molar-refractivity contribution in [2.75, 3.05) is 11.1 Å². The maximum atomic E-state index is 11.7. The van der Waals surface area contributed by atoms with Crippen LogP contribution in [0, 0.1) is 0 Å². The first-order valence-corrected chi connectivity index (χ1v) is 6.43. The lowest BCUT2D eigenvalue weighted by molar-refractivity contribution is -0.0435. The summed E-state index contributed by atoms with van der Waals surface area (Å²) in [6.45, 7) is 0. The van der Waals surface area contributed by atoms with Crippen LogP contribution < -0.4 is 0 Å². The lowest BCUT2D eigenvalue weighted by Gasteiger charge is -2.06. The highest BCUT2D eigenvalue weighted by Gasteiger charge is 2.44. The van der Waals surface area contributed by atoms with Crippen molar-refractivity contribution in [2.45, 2.75) is 24.8 Å². The summed E-state index contributed by atoms with van der Waals surface area (Å²) in [5.41, 5.74) is -5.10. The highest BCUT2D eigenvalue weighted by Crippen LogP contribution is 2.24. The van der Waals surface area contributed by atoms with Crippen molar-refractivity contribution >= 4 is 25.8 Å². The van der Waals surface area contributed by atoms with Crippen LogP contribution in [-0.2, 0) is 9.84 Å². The van der Waals surface area contributed by atoms with E-state index >= 15 is 0 Å². The molecule has 80 valence electrons. The number of rotatable bonds is 5. The van der Waals surface area contributed by atoms with Gasteiger partial charge in [0.1, 0.15) is 0 Å². The monoisotopic (exact) mass is 282 g/mol. The van der Waals surface area contributed by atoms with Crippen molar-refractivity contribution in [3.05, 3.63) is 0 Å². The molecule has 0 aromatic heterocycles. The number of unbranched alkanes of at least 4 members (excludes halogenated alkanes) is 2. The van der Waals surface area contributed by atoms with Crippen LogP contribution in [0.25, 0.3) is 0 Å². The molecule has 13 heavy (non-hydrogen) atoms. The largest absolute Gasteiger partial charge is 0.497 e. The van der Waals surface area contributed by atoms with Crippen LogP contribution in [-0.4, -0.2) is 25.0 Å². The van der Waals surface area contributed by atoms with Gasteiger partial charge in [-0.05, 0) is 12.8 Å². The quantitative estimate of drug-likeness (QED) is 0.574. The molecule has 0 rings (SSSR count). The molecule has 0 radical (unpaired) electrons. The summed E-state index contributed by atoms with van der Waals surface area (Å²) in [6.07, 6.45) is 1.24. The van der Waals surface area contributed by atoms with Crippen LogP contribution in [0.5, 0.6) is 0 Å². The van der Waals surface area contributed by atoms with E-state index in [1.807, 2.05) is 0 Å². The van der Waals surface area contributed by atoms with Crippen molar-refractivity contribution in [1.29, 1.82) is 0 Å². The van der Waals surface area contributed by atoms with Gasteiger partial charge in [-0.3, -0.25) is 0 Å². The number of hydrogen-bond donors (Lipinski definition) is 0. The molecule has 0 aliphatic heterocycles. The molecule has 0 fully saturated rings. The molecule has 0 atom stereocenters. The van der Waals surface area contributed by atoms with E-state index in [-0.39, 0.29) is 6.42 Å². The van der Waals surface area contributed by atoms with Gasteiger partial charge in [0, 0.05) is 5.33 Å². The van der Waals surface area contributed by atoms with Gasteiger partial charge in [0.2, 0.25) is 9.84 Å². The molecule has 0 unspecified atom stereocenters. The van der Waals surface area contributed by atoms with E-state index in [0.29, 0.717) is 18.2 Å².